The van der Waals surface area contributed by atoms with Crippen molar-refractivity contribution in [2.45, 2.75) is 65.3 Å². The lowest BCUT2D eigenvalue weighted by Gasteiger charge is -2.31. The molecule has 0 radical (unpaired) electrons. The summed E-state index contributed by atoms with van der Waals surface area (Å²) in [6.45, 7) is 40.4. The largest absolute Gasteiger partial charge is 0.350 e. The van der Waals surface area contributed by atoms with E-state index in [9.17, 15) is 42.7 Å². The first kappa shape index (κ1) is 105. The third kappa shape index (κ3) is 29.7. The number of hydrogen-bond donors (Lipinski definition) is 10. The summed E-state index contributed by atoms with van der Waals surface area (Å²) in [5, 5.41) is 44.9. The highest BCUT2D eigenvalue weighted by Gasteiger charge is 2.29. The van der Waals surface area contributed by atoms with Crippen molar-refractivity contribution in [3.05, 3.63) is 263 Å². The van der Waals surface area contributed by atoms with E-state index in [0.29, 0.717) is 126 Å². The van der Waals surface area contributed by atoms with Gasteiger partial charge in [-0.25, -0.2) is 19.9 Å². The number of nitrogens with zero attached hydrogens (tertiary/aromatic N) is 13. The molecule has 2 saturated heterocycles. The van der Waals surface area contributed by atoms with Crippen LogP contribution in [0.4, 0.5) is 104 Å². The number of carbonyl (C=O) groups excluding carboxylic acids is 4. The maximum atomic E-state index is 12.8. The van der Waals surface area contributed by atoms with Gasteiger partial charge in [0, 0.05) is 81.0 Å². The first-order chi connectivity index (χ1) is 64.4. The van der Waals surface area contributed by atoms with Crippen LogP contribution < -0.4 is 79.3 Å². The number of hydrogen-bond acceptors (Lipinski definition) is 27. The van der Waals surface area contributed by atoms with Gasteiger partial charge in [-0.3, -0.25) is 19.2 Å². The zero-order chi connectivity index (χ0) is 99.1. The molecule has 0 bridgehead atoms. The Morgan fingerprint density at radius 1 is 0.456 bits per heavy atom. The van der Waals surface area contributed by atoms with E-state index < -0.39 is 28.6 Å². The molecule has 4 aromatic heterocycles. The number of nitrogens with one attached hydrogen (secondary N) is 10. The molecule has 4 amide bonds. The van der Waals surface area contributed by atoms with Crippen LogP contribution >= 0.6 is 63.4 Å². The van der Waals surface area contributed by atoms with Crippen molar-refractivity contribution in [3.63, 3.8) is 0 Å². The van der Waals surface area contributed by atoms with Crippen molar-refractivity contribution in [1.29, 1.82) is 5.26 Å². The van der Waals surface area contributed by atoms with Crippen LogP contribution in [0.3, 0.4) is 0 Å². The fourth-order valence-electron chi connectivity index (χ4n) is 14.7. The number of anilines is 18. The maximum Gasteiger partial charge on any atom is 0.250 e. The Balaban J connectivity index is 0.000000189. The van der Waals surface area contributed by atoms with Crippen LogP contribution in [-0.2, 0) is 37.4 Å². The number of likely N-dealkylation sites (tertiary alicyclic amines) is 2. The van der Waals surface area contributed by atoms with Gasteiger partial charge in [-0.1, -0.05) is 128 Å². The lowest BCUT2D eigenvalue weighted by Crippen LogP contribution is -2.32. The van der Waals surface area contributed by atoms with E-state index in [4.69, 9.17) is 34.8 Å². The number of halogens is 3. The van der Waals surface area contributed by atoms with Gasteiger partial charge in [-0.05, 0) is 278 Å². The van der Waals surface area contributed by atoms with Gasteiger partial charge >= 0.3 is 0 Å². The number of carbonyl (C=O) groups is 4. The van der Waals surface area contributed by atoms with Crippen molar-refractivity contribution in [1.82, 2.24) is 54.6 Å². The monoisotopic (exact) mass is 1970 g/mol. The van der Waals surface area contributed by atoms with E-state index in [-0.39, 0.29) is 41.2 Å². The summed E-state index contributed by atoms with van der Waals surface area (Å²) in [7, 11) is -3.96. The fourth-order valence-corrected chi connectivity index (χ4v) is 19.7. The Morgan fingerprint density at radius 2 is 0.853 bits per heavy atom. The second-order valence-corrected chi connectivity index (χ2v) is 48.2. The molecule has 712 valence electrons. The summed E-state index contributed by atoms with van der Waals surface area (Å²) in [6.07, 6.45) is 14.7. The average Bonchev–Trinajstić information content (AvgIpc) is 0.987. The first-order valence-corrected chi connectivity index (χ1v) is 55.0. The van der Waals surface area contributed by atoms with Crippen molar-refractivity contribution < 1.29 is 37.4 Å². The molecule has 10 N–H and O–H groups in total. The molecule has 13 rings (SSSR count). The van der Waals surface area contributed by atoms with Gasteiger partial charge < -0.3 is 91.0 Å². The molecular weight excluding hydrogens is 1860 g/mol. The van der Waals surface area contributed by atoms with Crippen LogP contribution in [0.25, 0.3) is 0 Å². The molecule has 6 heterocycles. The fraction of sp³-hybridized carbons (Fsp3) is 0.276. The summed E-state index contributed by atoms with van der Waals surface area (Å²) in [5.74, 6) is 2.37. The second kappa shape index (κ2) is 47.7. The highest BCUT2D eigenvalue weighted by atomic mass is 35.5. The Morgan fingerprint density at radius 3 is 1.29 bits per heavy atom. The van der Waals surface area contributed by atoms with E-state index in [2.05, 4.69) is 148 Å². The molecule has 1 atom stereocenters. The summed E-state index contributed by atoms with van der Waals surface area (Å²) < 4.78 is 50.8. The minimum atomic E-state index is -2.58. The molecule has 1 unspecified atom stereocenters. The molecule has 136 heavy (non-hydrogen) atoms. The number of aromatic nitrogens is 8. The van der Waals surface area contributed by atoms with Crippen LogP contribution in [0.1, 0.15) is 65.0 Å². The van der Waals surface area contributed by atoms with Gasteiger partial charge in [0.2, 0.25) is 47.4 Å². The Bertz CT molecular complexity index is 6530. The Kier molecular flexibility index (Phi) is 36.9. The van der Waals surface area contributed by atoms with E-state index in [1.807, 2.05) is 175 Å². The summed E-state index contributed by atoms with van der Waals surface area (Å²) in [5.41, 5.74) is 12.2. The van der Waals surface area contributed by atoms with E-state index in [1.165, 1.54) is 49.1 Å². The van der Waals surface area contributed by atoms with E-state index in [0.717, 1.165) is 107 Å². The highest BCUT2D eigenvalue weighted by Crippen LogP contribution is 2.44. The van der Waals surface area contributed by atoms with Crippen molar-refractivity contribution in [2.24, 2.45) is 0 Å². The quantitative estimate of drug-likeness (QED) is 0.0138. The number of rotatable bonds is 32. The maximum absolute atomic E-state index is 12.8. The number of piperidine rings is 1. The van der Waals surface area contributed by atoms with Crippen molar-refractivity contribution in [2.75, 3.05) is 172 Å². The number of nitriles is 1. The second-order valence-electron chi connectivity index (χ2n) is 34.3. The van der Waals surface area contributed by atoms with Gasteiger partial charge in [-0.15, -0.1) is 0 Å². The molecule has 2 aliphatic heterocycles. The van der Waals surface area contributed by atoms with Crippen LogP contribution in [-0.4, -0.2) is 198 Å². The number of aryl methyl sites for hydroxylation is 4. The molecule has 2 fully saturated rings. The van der Waals surface area contributed by atoms with Gasteiger partial charge in [-0.2, -0.15) is 25.2 Å². The van der Waals surface area contributed by atoms with Crippen LogP contribution in [0, 0.1) is 39.0 Å². The number of para-hydroxylation sites is 4. The van der Waals surface area contributed by atoms with Gasteiger partial charge in [0.15, 0.2) is 23.3 Å². The third-order valence-electron chi connectivity index (χ3n) is 21.8. The molecule has 31 nitrogen and oxygen atoms in total. The smallest absolute Gasteiger partial charge is 0.250 e. The molecule has 0 saturated carbocycles. The van der Waals surface area contributed by atoms with E-state index in [1.54, 1.807) is 63.1 Å². The molecule has 38 heteroatoms. The predicted molar refractivity (Wildman–Crippen MR) is 563 cm³/mol. The molecule has 11 aromatic rings. The third-order valence-corrected chi connectivity index (χ3v) is 28.8. The normalized spacial score (nSPS) is 13.2. The van der Waals surface area contributed by atoms with Crippen molar-refractivity contribution in [3.8, 4) is 6.07 Å². The summed E-state index contributed by atoms with van der Waals surface area (Å²) in [4.78, 5) is 91.4. The minimum absolute atomic E-state index is 0.0525. The number of amides is 4. The molecule has 0 aliphatic carbocycles. The Hall–Kier alpha value is -12.7. The topological polar surface area (TPSA) is 397 Å². The zero-order valence-corrected chi connectivity index (χ0v) is 84.8. The lowest BCUT2D eigenvalue weighted by molar-refractivity contribution is -0.125. The van der Waals surface area contributed by atoms with Gasteiger partial charge in [0.25, 0.3) is 0 Å². The van der Waals surface area contributed by atoms with Crippen molar-refractivity contribution >= 4 is 212 Å². The summed E-state index contributed by atoms with van der Waals surface area (Å²) in [6, 6.07) is 45.1. The average molecular weight is 1970 g/mol. The van der Waals surface area contributed by atoms with Crippen LogP contribution in [0.15, 0.2) is 215 Å². The van der Waals surface area contributed by atoms with Crippen LogP contribution in [0.5, 0.6) is 0 Å². The van der Waals surface area contributed by atoms with Gasteiger partial charge in [0.1, 0.15) is 55.3 Å². The summed E-state index contributed by atoms with van der Waals surface area (Å²) >= 11 is 19.0. The molecular formula is C98H116Cl3N23O8P4. The lowest BCUT2D eigenvalue weighted by atomic mass is 9.87. The molecule has 0 spiro atoms. The number of benzene rings is 7. The highest BCUT2D eigenvalue weighted by molar-refractivity contribution is 7.71. The standard InChI is InChI=1S/C29H34N7O2P.C27H34ClN6O2P.C23H25ClN5O2P.C19H23ClN5O2P/c1-6-27(37)32-25-16-24(19(2)15-22(25)20-11-13-36(3)14-12-20)34-29-31-18-21(17-30)28(35-29)33-23-9-7-8-10-26(23)39(4,5)38;1-7-25(35)34(16-10-15-33(3)4)20-14-13-19(2)23(17-20)31-27-29-18-21(28)26(32-27)30-22-11-8-9-12-24(22)37(5,6)36;1-6-21(30)26-18-12-19(15(3)11-14(18)2)28-23-25-13-16(24)22(29-23)27-17-9-7-8-10-20(17)32(4,5)31;1-4-17(26)25-10-9-13(12-25)22-19-21-11-14(20)18(24-19)23-15-7-5-6-8-16(15)28(2,3)27/h6-10,15-16,18,20H,1,11-14H2,2-5H3,(H,32,37)(H2,31,33,34,35);7-9,11-14,17-18H,1,10,15-16H2,2-6H3,(H2,29,30,31,32);6-13H,1H2,2-5H3,(H,26,30)(H2,25,27,28,29);4-8,11,13H,1,9-10,12H2,2-3H3,(H2,21,22,23,24). The van der Waals surface area contributed by atoms with Crippen LogP contribution in [0.2, 0.25) is 15.1 Å². The minimum Gasteiger partial charge on any atom is -0.350 e. The first-order valence-electron chi connectivity index (χ1n) is 43.4. The Labute approximate surface area is 810 Å². The molecule has 7 aromatic carbocycles. The molecule has 2 aliphatic rings. The van der Waals surface area contributed by atoms with E-state index >= 15 is 0 Å². The van der Waals surface area contributed by atoms with Gasteiger partial charge in [0.05, 0.1) is 47.5 Å². The predicted octanol–water partition coefficient (Wildman–Crippen LogP) is 19.9. The zero-order valence-electron chi connectivity index (χ0n) is 79.0. The SMILES string of the molecule is C=CC(=O)N(CCCN(C)C)c1ccc(C)c(Nc2ncc(Cl)c(Nc3ccccc3P(C)(C)=O)n2)c1.C=CC(=O)N1CCC(Nc2ncc(Cl)c(Nc3ccccc3P(C)(C)=O)n2)C1.C=CC(=O)Nc1cc(Nc2ncc(C#N)c(Nc3ccccc3P(C)(C)=O)n2)c(C)cc1C1CCN(C)CC1.C=CC(=O)Nc1cc(Nc2ncc(Cl)c(Nc3ccccc3P(C)(C)=O)n2)c(C)cc1C.